The van der Waals surface area contributed by atoms with Crippen LogP contribution in [0.25, 0.3) is 16.6 Å². The zero-order valence-electron chi connectivity index (χ0n) is 14.7. The molecule has 27 heavy (non-hydrogen) atoms. The molecular weight excluding hydrogens is 342 g/mol. The third kappa shape index (κ3) is 2.83. The normalized spacial score (nSPS) is 14.1. The second-order valence-electron chi connectivity index (χ2n) is 7.09. The fraction of sp³-hybridized carbons (Fsp3) is 0.238. The van der Waals surface area contributed by atoms with Crippen molar-refractivity contribution < 1.29 is 9.21 Å². The number of nitrogens with one attached hydrogen (secondary N) is 1. The minimum atomic E-state index is -0.189. The van der Waals surface area contributed by atoms with Crippen LogP contribution in [-0.2, 0) is 13.1 Å². The van der Waals surface area contributed by atoms with E-state index in [9.17, 15) is 9.59 Å². The van der Waals surface area contributed by atoms with E-state index in [1.165, 1.54) is 0 Å². The molecular formula is C21H19N3O3. The van der Waals surface area contributed by atoms with E-state index in [0.717, 1.165) is 23.9 Å². The van der Waals surface area contributed by atoms with Gasteiger partial charge in [-0.2, -0.15) is 0 Å². The molecule has 1 amide bonds. The average Bonchev–Trinajstić information content (AvgIpc) is 3.14. The zero-order chi connectivity index (χ0) is 18.4. The van der Waals surface area contributed by atoms with Crippen LogP contribution in [0.4, 0.5) is 0 Å². The van der Waals surface area contributed by atoms with E-state index < -0.39 is 0 Å². The van der Waals surface area contributed by atoms with Gasteiger partial charge in [0.2, 0.25) is 0 Å². The molecule has 0 unspecified atom stereocenters. The molecule has 1 fully saturated rings. The summed E-state index contributed by atoms with van der Waals surface area (Å²) in [6.07, 6.45) is 5.78. The van der Waals surface area contributed by atoms with Crippen LogP contribution in [-0.4, -0.2) is 14.9 Å². The van der Waals surface area contributed by atoms with E-state index in [0.29, 0.717) is 35.8 Å². The van der Waals surface area contributed by atoms with Crippen LogP contribution < -0.4 is 10.9 Å². The summed E-state index contributed by atoms with van der Waals surface area (Å²) in [5, 5.41) is 2.86. The van der Waals surface area contributed by atoms with Crippen molar-refractivity contribution in [1.82, 2.24) is 14.3 Å². The van der Waals surface area contributed by atoms with Crippen LogP contribution in [0.5, 0.6) is 0 Å². The van der Waals surface area contributed by atoms with Crippen molar-refractivity contribution in [1.29, 1.82) is 0 Å². The lowest BCUT2D eigenvalue weighted by molar-refractivity contribution is 0.0948. The van der Waals surface area contributed by atoms with Crippen molar-refractivity contribution in [2.75, 3.05) is 0 Å². The lowest BCUT2D eigenvalue weighted by atomic mass is 10.1. The molecule has 5 rings (SSSR count). The molecule has 3 heterocycles. The van der Waals surface area contributed by atoms with Gasteiger partial charge in [-0.25, -0.2) is 0 Å². The third-order valence-corrected chi connectivity index (χ3v) is 5.14. The number of aromatic nitrogens is 2. The van der Waals surface area contributed by atoms with Gasteiger partial charge in [0.25, 0.3) is 11.5 Å². The Morgan fingerprint density at radius 1 is 1.11 bits per heavy atom. The number of hydrogen-bond donors (Lipinski definition) is 1. The van der Waals surface area contributed by atoms with Gasteiger partial charge in [0.15, 0.2) is 0 Å². The standard InChI is InChI=1S/C21H19N3O3/c25-20(22-12-16-3-2-10-27-16)15-7-8-17-19(11-15)24(13-14-5-6-14)21(26)18-4-1-9-23(17)18/h1-4,7-11,14H,5-6,12-13H2,(H,22,25). The Bertz CT molecular complexity index is 1200. The minimum Gasteiger partial charge on any atom is -0.467 e. The maximum atomic E-state index is 13.0. The number of rotatable bonds is 5. The van der Waals surface area contributed by atoms with Gasteiger partial charge in [-0.1, -0.05) is 0 Å². The van der Waals surface area contributed by atoms with E-state index in [1.807, 2.05) is 45.5 Å². The van der Waals surface area contributed by atoms with Crippen LogP contribution in [0, 0.1) is 5.92 Å². The summed E-state index contributed by atoms with van der Waals surface area (Å²) in [5.41, 5.74) is 2.91. The molecule has 1 N–H and O–H groups in total. The first-order valence-corrected chi connectivity index (χ1v) is 9.15. The van der Waals surface area contributed by atoms with Crippen molar-refractivity contribution >= 4 is 22.5 Å². The van der Waals surface area contributed by atoms with Crippen LogP contribution in [0.1, 0.15) is 29.0 Å². The Morgan fingerprint density at radius 2 is 2.00 bits per heavy atom. The molecule has 1 aliphatic carbocycles. The Hall–Kier alpha value is -3.28. The number of nitrogens with zero attached hydrogens (tertiary/aromatic N) is 2. The molecule has 136 valence electrons. The third-order valence-electron chi connectivity index (χ3n) is 5.14. The fourth-order valence-corrected chi connectivity index (χ4v) is 3.52. The molecule has 0 saturated heterocycles. The Kier molecular flexibility index (Phi) is 3.63. The second kappa shape index (κ2) is 6.16. The number of carbonyl (C=O) groups excluding carboxylic acids is 1. The molecule has 0 spiro atoms. The van der Waals surface area contributed by atoms with Crippen LogP contribution in [0.2, 0.25) is 0 Å². The first kappa shape index (κ1) is 15.9. The van der Waals surface area contributed by atoms with Gasteiger partial charge in [-0.3, -0.25) is 9.59 Å². The number of carbonyl (C=O) groups is 1. The topological polar surface area (TPSA) is 68.7 Å². The summed E-state index contributed by atoms with van der Waals surface area (Å²) in [4.78, 5) is 25.5. The molecule has 1 saturated carbocycles. The molecule has 0 bridgehead atoms. The van der Waals surface area contributed by atoms with E-state index in [2.05, 4.69) is 5.32 Å². The summed E-state index contributed by atoms with van der Waals surface area (Å²) in [6, 6.07) is 12.8. The van der Waals surface area contributed by atoms with E-state index in [1.54, 1.807) is 18.4 Å². The summed E-state index contributed by atoms with van der Waals surface area (Å²) < 4.78 is 8.97. The largest absolute Gasteiger partial charge is 0.467 e. The van der Waals surface area contributed by atoms with Gasteiger partial charge in [0.05, 0.1) is 23.8 Å². The summed E-state index contributed by atoms with van der Waals surface area (Å²) in [5.74, 6) is 1.06. The highest BCUT2D eigenvalue weighted by molar-refractivity contribution is 5.97. The number of hydrogen-bond acceptors (Lipinski definition) is 3. The first-order chi connectivity index (χ1) is 13.2. The Labute approximate surface area is 155 Å². The molecule has 3 aromatic heterocycles. The smallest absolute Gasteiger partial charge is 0.275 e. The second-order valence-corrected chi connectivity index (χ2v) is 7.09. The molecule has 0 atom stereocenters. The van der Waals surface area contributed by atoms with Gasteiger partial charge >= 0.3 is 0 Å². The van der Waals surface area contributed by atoms with Crippen molar-refractivity contribution in [3.05, 3.63) is 76.6 Å². The summed E-state index contributed by atoms with van der Waals surface area (Å²) >= 11 is 0. The molecule has 0 radical (unpaired) electrons. The van der Waals surface area contributed by atoms with Crippen LogP contribution >= 0.6 is 0 Å². The first-order valence-electron chi connectivity index (χ1n) is 9.15. The summed E-state index contributed by atoms with van der Waals surface area (Å²) in [7, 11) is 0. The maximum absolute atomic E-state index is 13.0. The molecule has 1 aromatic carbocycles. The monoisotopic (exact) mass is 361 g/mol. The van der Waals surface area contributed by atoms with Crippen molar-refractivity contribution in [3.8, 4) is 0 Å². The van der Waals surface area contributed by atoms with Gasteiger partial charge in [-0.05, 0) is 61.2 Å². The van der Waals surface area contributed by atoms with E-state index >= 15 is 0 Å². The van der Waals surface area contributed by atoms with Crippen LogP contribution in [0.15, 0.2) is 64.1 Å². The lowest BCUT2D eigenvalue weighted by Crippen LogP contribution is -2.25. The molecule has 6 nitrogen and oxygen atoms in total. The van der Waals surface area contributed by atoms with Crippen molar-refractivity contribution in [3.63, 3.8) is 0 Å². The minimum absolute atomic E-state index is 0.00690. The SMILES string of the molecule is O=C(NCc1ccco1)c1ccc2c(c1)n(CC1CC1)c(=O)c1cccn12. The quantitative estimate of drug-likeness (QED) is 0.594. The Morgan fingerprint density at radius 3 is 2.78 bits per heavy atom. The van der Waals surface area contributed by atoms with E-state index in [4.69, 9.17) is 4.42 Å². The fourth-order valence-electron chi connectivity index (χ4n) is 3.52. The molecule has 1 aliphatic rings. The number of fused-ring (bicyclic) bond motifs is 3. The van der Waals surface area contributed by atoms with Gasteiger partial charge in [0.1, 0.15) is 11.3 Å². The highest BCUT2D eigenvalue weighted by atomic mass is 16.3. The average molecular weight is 361 g/mol. The summed E-state index contributed by atoms with van der Waals surface area (Å²) in [6.45, 7) is 1.03. The lowest BCUT2D eigenvalue weighted by Gasteiger charge is -2.13. The Balaban J connectivity index is 1.57. The molecule has 4 aromatic rings. The number of benzene rings is 1. The van der Waals surface area contributed by atoms with Crippen LogP contribution in [0.3, 0.4) is 0 Å². The van der Waals surface area contributed by atoms with E-state index in [-0.39, 0.29) is 11.5 Å². The van der Waals surface area contributed by atoms with Gasteiger partial charge in [0, 0.05) is 18.3 Å². The highest BCUT2D eigenvalue weighted by Gasteiger charge is 2.24. The molecule has 6 heteroatoms. The van der Waals surface area contributed by atoms with Crippen molar-refractivity contribution in [2.24, 2.45) is 5.92 Å². The highest BCUT2D eigenvalue weighted by Crippen LogP contribution is 2.31. The zero-order valence-corrected chi connectivity index (χ0v) is 14.7. The predicted molar refractivity (Wildman–Crippen MR) is 102 cm³/mol. The number of amides is 1. The van der Waals surface area contributed by atoms with Crippen molar-refractivity contribution in [2.45, 2.75) is 25.9 Å². The van der Waals surface area contributed by atoms with Gasteiger partial charge in [-0.15, -0.1) is 0 Å². The molecule has 0 aliphatic heterocycles. The van der Waals surface area contributed by atoms with Gasteiger partial charge < -0.3 is 18.7 Å². The number of furan rings is 1. The maximum Gasteiger partial charge on any atom is 0.275 e. The predicted octanol–water partition coefficient (Wildman–Crippen LogP) is 3.19.